The number of fused-ring (bicyclic) bond motifs is 1. The molecule has 2 aromatic heterocycles. The molecule has 0 bridgehead atoms. The molecule has 1 aliphatic heterocycles. The summed E-state index contributed by atoms with van der Waals surface area (Å²) in [7, 11) is -2.90. The molecule has 0 unspecified atom stereocenters. The summed E-state index contributed by atoms with van der Waals surface area (Å²) in [5.41, 5.74) is 1.16. The Morgan fingerprint density at radius 1 is 1.04 bits per heavy atom. The van der Waals surface area contributed by atoms with Crippen LogP contribution in [-0.4, -0.2) is 43.0 Å². The molecule has 5 nitrogen and oxygen atoms in total. The Kier molecular flexibility index (Phi) is 3.54. The zero-order chi connectivity index (χ0) is 15.9. The molecule has 1 fully saturated rings. The van der Waals surface area contributed by atoms with Crippen LogP contribution in [0.2, 0.25) is 0 Å². The van der Waals surface area contributed by atoms with Crippen molar-refractivity contribution < 1.29 is 8.42 Å². The minimum absolute atomic E-state index is 0.189. The van der Waals surface area contributed by atoms with Crippen molar-refractivity contribution in [2.45, 2.75) is 0 Å². The highest BCUT2D eigenvalue weighted by molar-refractivity contribution is 7.91. The smallest absolute Gasteiger partial charge is 0.153 e. The van der Waals surface area contributed by atoms with Crippen LogP contribution in [0.3, 0.4) is 0 Å². The van der Waals surface area contributed by atoms with E-state index in [4.69, 9.17) is 0 Å². The third-order valence-corrected chi connectivity index (χ3v) is 6.71. The second kappa shape index (κ2) is 5.58. The molecule has 0 N–H and O–H groups in total. The molecular formula is C16H15N3O2S2. The van der Waals surface area contributed by atoms with Gasteiger partial charge in [0, 0.05) is 18.0 Å². The average molecular weight is 345 g/mol. The molecule has 4 rings (SSSR count). The summed E-state index contributed by atoms with van der Waals surface area (Å²) in [5.74, 6) is 1.21. The van der Waals surface area contributed by atoms with Gasteiger partial charge in [-0.15, -0.1) is 11.3 Å². The van der Waals surface area contributed by atoms with E-state index in [1.807, 2.05) is 23.1 Å². The highest BCUT2D eigenvalue weighted by Gasteiger charge is 2.24. The molecule has 7 heteroatoms. The van der Waals surface area contributed by atoms with Crippen molar-refractivity contribution in [2.24, 2.45) is 0 Å². The van der Waals surface area contributed by atoms with Crippen LogP contribution in [0.25, 0.3) is 20.7 Å². The van der Waals surface area contributed by atoms with E-state index in [1.165, 1.54) is 0 Å². The van der Waals surface area contributed by atoms with Crippen LogP contribution >= 0.6 is 11.3 Å². The van der Waals surface area contributed by atoms with Gasteiger partial charge in [0.25, 0.3) is 0 Å². The van der Waals surface area contributed by atoms with Gasteiger partial charge in [-0.1, -0.05) is 30.3 Å². The topological polar surface area (TPSA) is 63.2 Å². The van der Waals surface area contributed by atoms with Gasteiger partial charge in [-0.25, -0.2) is 18.4 Å². The van der Waals surface area contributed by atoms with Gasteiger partial charge in [0.15, 0.2) is 9.84 Å². The van der Waals surface area contributed by atoms with Crippen molar-refractivity contribution in [1.29, 1.82) is 0 Å². The summed E-state index contributed by atoms with van der Waals surface area (Å²) in [6.45, 7) is 0.982. The van der Waals surface area contributed by atoms with Crippen molar-refractivity contribution >= 4 is 37.2 Å². The largest absolute Gasteiger partial charge is 0.354 e. The van der Waals surface area contributed by atoms with E-state index in [0.29, 0.717) is 13.1 Å². The molecule has 0 saturated carbocycles. The van der Waals surface area contributed by atoms with Gasteiger partial charge in [0.05, 0.1) is 16.9 Å². The predicted octanol–water partition coefficient (Wildman–Crippen LogP) is 2.59. The van der Waals surface area contributed by atoms with Crippen molar-refractivity contribution in [3.63, 3.8) is 0 Å². The Labute approximate surface area is 138 Å². The molecule has 0 aliphatic carbocycles. The number of hydrogen-bond acceptors (Lipinski definition) is 6. The molecule has 23 heavy (non-hydrogen) atoms. The third kappa shape index (κ3) is 2.82. The maximum atomic E-state index is 11.6. The molecule has 1 aliphatic rings. The molecule has 0 atom stereocenters. The second-order valence-corrected chi connectivity index (χ2v) is 8.87. The second-order valence-electron chi connectivity index (χ2n) is 5.53. The highest BCUT2D eigenvalue weighted by Crippen LogP contribution is 2.36. The van der Waals surface area contributed by atoms with Gasteiger partial charge in [-0.3, -0.25) is 0 Å². The fourth-order valence-electron chi connectivity index (χ4n) is 2.76. The summed E-state index contributed by atoms with van der Waals surface area (Å²) in [6.07, 6.45) is 1.56. The molecule has 3 heterocycles. The number of aromatic nitrogens is 2. The first-order valence-corrected chi connectivity index (χ1v) is 10.0. The Bertz CT molecular complexity index is 938. The van der Waals surface area contributed by atoms with Gasteiger partial charge in [0.2, 0.25) is 0 Å². The molecule has 1 aromatic carbocycles. The number of hydrogen-bond donors (Lipinski definition) is 0. The number of rotatable bonds is 2. The van der Waals surface area contributed by atoms with Gasteiger partial charge in [-0.2, -0.15) is 0 Å². The number of benzene rings is 1. The lowest BCUT2D eigenvalue weighted by atomic mass is 10.2. The van der Waals surface area contributed by atoms with Crippen molar-refractivity contribution in [3.05, 3.63) is 42.7 Å². The van der Waals surface area contributed by atoms with Gasteiger partial charge in [0.1, 0.15) is 17.0 Å². The van der Waals surface area contributed by atoms with E-state index in [2.05, 4.69) is 28.2 Å². The fraction of sp³-hybridized carbons (Fsp3) is 0.250. The van der Waals surface area contributed by atoms with Crippen LogP contribution in [-0.2, 0) is 9.84 Å². The molecule has 118 valence electrons. The monoisotopic (exact) mass is 345 g/mol. The highest BCUT2D eigenvalue weighted by atomic mass is 32.2. The first kappa shape index (κ1) is 14.6. The molecule has 1 saturated heterocycles. The normalized spacial score (nSPS) is 17.5. The standard InChI is InChI=1S/C16H15N3O2S2/c20-23(21)8-6-19(7-9-23)15-13-10-14(12-4-2-1-3-5-12)22-16(13)18-11-17-15/h1-5,10-11H,6-9H2. The third-order valence-electron chi connectivity index (χ3n) is 4.01. The fourth-order valence-corrected chi connectivity index (χ4v) is 4.96. The van der Waals surface area contributed by atoms with Crippen molar-refractivity contribution in [1.82, 2.24) is 9.97 Å². The molecule has 0 radical (unpaired) electrons. The van der Waals surface area contributed by atoms with E-state index in [1.54, 1.807) is 17.7 Å². The van der Waals surface area contributed by atoms with E-state index in [-0.39, 0.29) is 11.5 Å². The summed E-state index contributed by atoms with van der Waals surface area (Å²) >= 11 is 1.63. The van der Waals surface area contributed by atoms with Crippen molar-refractivity contribution in [3.8, 4) is 10.4 Å². The van der Waals surface area contributed by atoms with Gasteiger partial charge in [-0.05, 0) is 11.6 Å². The lowest BCUT2D eigenvalue weighted by Gasteiger charge is -2.27. The molecule has 0 spiro atoms. The molecular weight excluding hydrogens is 330 g/mol. The Hall–Kier alpha value is -1.99. The summed E-state index contributed by atoms with van der Waals surface area (Å²) in [4.78, 5) is 12.9. The Morgan fingerprint density at radius 2 is 1.78 bits per heavy atom. The Morgan fingerprint density at radius 3 is 2.52 bits per heavy atom. The first-order valence-electron chi connectivity index (χ1n) is 7.38. The summed E-state index contributed by atoms with van der Waals surface area (Å²) in [5, 5.41) is 0.996. The van der Waals surface area contributed by atoms with Crippen LogP contribution in [0, 0.1) is 0 Å². The van der Waals surface area contributed by atoms with E-state index in [0.717, 1.165) is 26.5 Å². The van der Waals surface area contributed by atoms with Crippen LogP contribution in [0.4, 0.5) is 5.82 Å². The summed E-state index contributed by atoms with van der Waals surface area (Å²) < 4.78 is 23.2. The zero-order valence-corrected chi connectivity index (χ0v) is 14.0. The minimum atomic E-state index is -2.90. The Balaban J connectivity index is 1.75. The first-order chi connectivity index (χ1) is 11.1. The van der Waals surface area contributed by atoms with Gasteiger partial charge < -0.3 is 4.90 Å². The lowest BCUT2D eigenvalue weighted by Crippen LogP contribution is -2.40. The van der Waals surface area contributed by atoms with Gasteiger partial charge >= 0.3 is 0 Å². The van der Waals surface area contributed by atoms with Crippen LogP contribution in [0.5, 0.6) is 0 Å². The number of thiophene rings is 1. The minimum Gasteiger partial charge on any atom is -0.354 e. The summed E-state index contributed by atoms with van der Waals surface area (Å²) in [6, 6.07) is 12.3. The SMILES string of the molecule is O=S1(=O)CCN(c2ncnc3sc(-c4ccccc4)cc23)CC1. The van der Waals surface area contributed by atoms with Crippen LogP contribution < -0.4 is 4.90 Å². The maximum Gasteiger partial charge on any atom is 0.153 e. The molecule has 0 amide bonds. The number of nitrogens with zero attached hydrogens (tertiary/aromatic N) is 3. The average Bonchev–Trinajstić information content (AvgIpc) is 3.00. The van der Waals surface area contributed by atoms with E-state index in [9.17, 15) is 8.42 Å². The number of sulfone groups is 1. The zero-order valence-electron chi connectivity index (χ0n) is 12.3. The van der Waals surface area contributed by atoms with Crippen LogP contribution in [0.15, 0.2) is 42.7 Å². The van der Waals surface area contributed by atoms with E-state index < -0.39 is 9.84 Å². The van der Waals surface area contributed by atoms with E-state index >= 15 is 0 Å². The molecule has 3 aromatic rings. The number of anilines is 1. The quantitative estimate of drug-likeness (QED) is 0.714. The lowest BCUT2D eigenvalue weighted by molar-refractivity contribution is 0.586. The maximum absolute atomic E-state index is 11.6. The van der Waals surface area contributed by atoms with Crippen molar-refractivity contribution in [2.75, 3.05) is 29.5 Å². The van der Waals surface area contributed by atoms with Crippen LogP contribution in [0.1, 0.15) is 0 Å². The predicted molar refractivity (Wildman–Crippen MR) is 93.7 cm³/mol.